The van der Waals surface area contributed by atoms with Crippen molar-refractivity contribution in [3.05, 3.63) is 39.4 Å². The van der Waals surface area contributed by atoms with E-state index in [9.17, 15) is 23.3 Å². The van der Waals surface area contributed by atoms with Crippen molar-refractivity contribution in [1.29, 1.82) is 0 Å². The highest BCUT2D eigenvalue weighted by Gasteiger charge is 2.33. The first-order valence-corrected chi connectivity index (χ1v) is 4.26. The van der Waals surface area contributed by atoms with Gasteiger partial charge in [0.05, 0.1) is 16.6 Å². The van der Waals surface area contributed by atoms with E-state index in [2.05, 4.69) is 0 Å². The molecule has 1 aromatic carbocycles. The Balaban J connectivity index is 3.36. The van der Waals surface area contributed by atoms with Gasteiger partial charge in [-0.25, -0.2) is 0 Å². The summed E-state index contributed by atoms with van der Waals surface area (Å²) in [6.07, 6.45) is -5.86. The maximum absolute atomic E-state index is 12.4. The standard InChI is InChI=1S/C9H8F3NO3/c1-5(14)6-2-7(9(10,11)12)4-8(3-6)13(15)16/h2-5,14H,1H3. The van der Waals surface area contributed by atoms with Crippen LogP contribution in [0.2, 0.25) is 0 Å². The van der Waals surface area contributed by atoms with Gasteiger partial charge in [-0.2, -0.15) is 13.2 Å². The predicted molar refractivity (Wildman–Crippen MR) is 48.7 cm³/mol. The number of aliphatic hydroxyl groups is 1. The van der Waals surface area contributed by atoms with Crippen molar-refractivity contribution in [1.82, 2.24) is 0 Å². The largest absolute Gasteiger partial charge is 0.416 e. The van der Waals surface area contributed by atoms with Crippen molar-refractivity contribution in [3.8, 4) is 0 Å². The number of benzene rings is 1. The van der Waals surface area contributed by atoms with Crippen molar-refractivity contribution >= 4 is 5.69 Å². The summed E-state index contributed by atoms with van der Waals surface area (Å²) >= 11 is 0. The fourth-order valence-electron chi connectivity index (χ4n) is 1.14. The molecular formula is C9H8F3NO3. The van der Waals surface area contributed by atoms with Crippen molar-refractivity contribution in [2.45, 2.75) is 19.2 Å². The summed E-state index contributed by atoms with van der Waals surface area (Å²) in [5.74, 6) is 0. The zero-order valence-corrected chi connectivity index (χ0v) is 8.15. The molecule has 1 N–H and O–H groups in total. The molecule has 0 heterocycles. The molecule has 1 rings (SSSR count). The number of hydrogen-bond donors (Lipinski definition) is 1. The van der Waals surface area contributed by atoms with E-state index >= 15 is 0 Å². The molecular weight excluding hydrogens is 227 g/mol. The van der Waals surface area contributed by atoms with Crippen LogP contribution in [-0.2, 0) is 6.18 Å². The highest BCUT2D eigenvalue weighted by atomic mass is 19.4. The molecule has 0 aliphatic carbocycles. The molecule has 1 aromatic rings. The minimum absolute atomic E-state index is 0.137. The first kappa shape index (κ1) is 12.4. The van der Waals surface area contributed by atoms with Crippen LogP contribution in [0.25, 0.3) is 0 Å². The maximum atomic E-state index is 12.4. The summed E-state index contributed by atoms with van der Waals surface area (Å²) in [6.45, 7) is 1.24. The molecule has 0 saturated heterocycles. The third-order valence-electron chi connectivity index (χ3n) is 1.96. The van der Waals surface area contributed by atoms with Gasteiger partial charge in [0.15, 0.2) is 0 Å². The molecule has 0 saturated carbocycles. The van der Waals surface area contributed by atoms with Gasteiger partial charge in [0.25, 0.3) is 5.69 Å². The summed E-state index contributed by atoms with van der Waals surface area (Å²) in [6, 6.07) is 2.05. The molecule has 0 radical (unpaired) electrons. The number of nitro groups is 1. The van der Waals surface area contributed by atoms with Gasteiger partial charge in [0.1, 0.15) is 0 Å². The van der Waals surface area contributed by atoms with Crippen LogP contribution < -0.4 is 0 Å². The fraction of sp³-hybridized carbons (Fsp3) is 0.333. The number of nitrogens with zero attached hydrogens (tertiary/aromatic N) is 1. The topological polar surface area (TPSA) is 63.4 Å². The van der Waals surface area contributed by atoms with Crippen molar-refractivity contribution in [2.24, 2.45) is 0 Å². The van der Waals surface area contributed by atoms with E-state index in [1.165, 1.54) is 6.92 Å². The monoisotopic (exact) mass is 235 g/mol. The minimum atomic E-state index is -4.67. The van der Waals surface area contributed by atoms with Crippen LogP contribution in [0.4, 0.5) is 18.9 Å². The van der Waals surface area contributed by atoms with Gasteiger partial charge in [-0.1, -0.05) is 0 Å². The second-order valence-corrected chi connectivity index (χ2v) is 3.24. The van der Waals surface area contributed by atoms with E-state index in [1.807, 2.05) is 0 Å². The van der Waals surface area contributed by atoms with Crippen LogP contribution in [0.1, 0.15) is 24.2 Å². The lowest BCUT2D eigenvalue weighted by atomic mass is 10.1. The Labute approximate surface area is 88.5 Å². The molecule has 0 fully saturated rings. The lowest BCUT2D eigenvalue weighted by Crippen LogP contribution is -2.07. The molecule has 88 valence electrons. The van der Waals surface area contributed by atoms with E-state index in [0.29, 0.717) is 12.1 Å². The van der Waals surface area contributed by atoms with Gasteiger partial charge in [0, 0.05) is 12.1 Å². The molecule has 0 spiro atoms. The normalized spacial score (nSPS) is 13.6. The van der Waals surface area contributed by atoms with E-state index in [4.69, 9.17) is 5.11 Å². The average Bonchev–Trinajstić information content (AvgIpc) is 2.15. The number of aliphatic hydroxyl groups excluding tert-OH is 1. The lowest BCUT2D eigenvalue weighted by molar-refractivity contribution is -0.385. The third-order valence-corrected chi connectivity index (χ3v) is 1.96. The Bertz CT molecular complexity index is 415. The van der Waals surface area contributed by atoms with E-state index in [-0.39, 0.29) is 5.56 Å². The van der Waals surface area contributed by atoms with Gasteiger partial charge in [-0.15, -0.1) is 0 Å². The fourth-order valence-corrected chi connectivity index (χ4v) is 1.14. The Morgan fingerprint density at radius 3 is 2.31 bits per heavy atom. The number of non-ortho nitro benzene ring substituents is 1. The van der Waals surface area contributed by atoms with Crippen LogP contribution in [0, 0.1) is 10.1 Å². The summed E-state index contributed by atoms with van der Waals surface area (Å²) in [5, 5.41) is 19.5. The predicted octanol–water partition coefficient (Wildman–Crippen LogP) is 2.67. The first-order chi connectivity index (χ1) is 7.21. The molecule has 4 nitrogen and oxygen atoms in total. The third kappa shape index (κ3) is 2.69. The average molecular weight is 235 g/mol. The number of alkyl halides is 3. The minimum Gasteiger partial charge on any atom is -0.389 e. The van der Waals surface area contributed by atoms with Gasteiger partial charge >= 0.3 is 6.18 Å². The molecule has 16 heavy (non-hydrogen) atoms. The molecule has 1 atom stereocenters. The molecule has 0 aromatic heterocycles. The van der Waals surface area contributed by atoms with Crippen molar-refractivity contribution < 1.29 is 23.2 Å². The van der Waals surface area contributed by atoms with E-state index in [0.717, 1.165) is 6.07 Å². The molecule has 0 bridgehead atoms. The zero-order valence-electron chi connectivity index (χ0n) is 8.15. The second-order valence-electron chi connectivity index (χ2n) is 3.24. The molecule has 0 amide bonds. The van der Waals surface area contributed by atoms with Gasteiger partial charge in [-0.3, -0.25) is 10.1 Å². The Hall–Kier alpha value is -1.63. The summed E-state index contributed by atoms with van der Waals surface area (Å²) in [4.78, 5) is 9.48. The van der Waals surface area contributed by atoms with Crippen LogP contribution in [0.15, 0.2) is 18.2 Å². The molecule has 7 heteroatoms. The van der Waals surface area contributed by atoms with Crippen molar-refractivity contribution in [3.63, 3.8) is 0 Å². The maximum Gasteiger partial charge on any atom is 0.416 e. The zero-order chi connectivity index (χ0) is 12.5. The van der Waals surface area contributed by atoms with E-state index in [1.54, 1.807) is 0 Å². The van der Waals surface area contributed by atoms with Crippen LogP contribution in [0.3, 0.4) is 0 Å². The van der Waals surface area contributed by atoms with Crippen LogP contribution >= 0.6 is 0 Å². The Kier molecular flexibility index (Phi) is 3.18. The lowest BCUT2D eigenvalue weighted by Gasteiger charge is -2.10. The second kappa shape index (κ2) is 4.09. The summed E-state index contributed by atoms with van der Waals surface area (Å²) < 4.78 is 37.1. The van der Waals surface area contributed by atoms with Gasteiger partial charge in [-0.05, 0) is 18.6 Å². The van der Waals surface area contributed by atoms with Crippen LogP contribution in [0.5, 0.6) is 0 Å². The highest BCUT2D eigenvalue weighted by Crippen LogP contribution is 2.33. The summed E-state index contributed by atoms with van der Waals surface area (Å²) in [5.41, 5.74) is -1.97. The molecule has 0 aliphatic rings. The highest BCUT2D eigenvalue weighted by molar-refractivity contribution is 5.41. The Morgan fingerprint density at radius 1 is 1.38 bits per heavy atom. The number of halogens is 3. The van der Waals surface area contributed by atoms with Crippen LogP contribution in [-0.4, -0.2) is 10.0 Å². The quantitative estimate of drug-likeness (QED) is 0.633. The SMILES string of the molecule is CC(O)c1cc([N+](=O)[O-])cc(C(F)(F)F)c1. The Morgan fingerprint density at radius 2 is 1.94 bits per heavy atom. The first-order valence-electron chi connectivity index (χ1n) is 4.26. The number of rotatable bonds is 2. The number of nitro benzene ring substituents is 1. The summed E-state index contributed by atoms with van der Waals surface area (Å²) in [7, 11) is 0. The smallest absolute Gasteiger partial charge is 0.389 e. The van der Waals surface area contributed by atoms with Gasteiger partial charge in [0.2, 0.25) is 0 Å². The van der Waals surface area contributed by atoms with Crippen molar-refractivity contribution in [2.75, 3.05) is 0 Å². The molecule has 1 unspecified atom stereocenters. The molecule has 0 aliphatic heterocycles. The number of hydrogen-bond acceptors (Lipinski definition) is 3. The van der Waals surface area contributed by atoms with E-state index < -0.39 is 28.5 Å². The van der Waals surface area contributed by atoms with Gasteiger partial charge < -0.3 is 5.11 Å².